The topological polar surface area (TPSA) is 37.8 Å². The van der Waals surface area contributed by atoms with E-state index < -0.39 is 0 Å². The molecule has 0 amide bonds. The fraction of sp³-hybridized carbons (Fsp3) is 0.467. The molecule has 0 aliphatic heterocycles. The highest BCUT2D eigenvalue weighted by molar-refractivity contribution is 5.88. The number of hydrogen-bond donors (Lipinski definition) is 1. The number of hydrogen-bond acceptors (Lipinski definition) is 3. The van der Waals surface area contributed by atoms with Crippen molar-refractivity contribution in [2.24, 2.45) is 5.92 Å². The molecule has 0 bridgehead atoms. The quantitative estimate of drug-likeness (QED) is 0.783. The van der Waals surface area contributed by atoms with Gasteiger partial charge in [-0.1, -0.05) is 38.8 Å². The van der Waals surface area contributed by atoms with Crippen molar-refractivity contribution < 1.29 is 0 Å². The fourth-order valence-corrected chi connectivity index (χ4v) is 2.03. The Morgan fingerprint density at radius 1 is 1.11 bits per heavy atom. The highest BCUT2D eigenvalue weighted by Crippen LogP contribution is 2.18. The first-order valence-corrected chi connectivity index (χ1v) is 6.71. The van der Waals surface area contributed by atoms with E-state index in [9.17, 15) is 0 Å². The van der Waals surface area contributed by atoms with Crippen LogP contribution in [0.3, 0.4) is 0 Å². The molecule has 0 atom stereocenters. The zero-order chi connectivity index (χ0) is 12.8. The van der Waals surface area contributed by atoms with Gasteiger partial charge in [0, 0.05) is 11.9 Å². The van der Waals surface area contributed by atoms with Gasteiger partial charge in [-0.25, -0.2) is 9.97 Å². The number of para-hydroxylation sites is 1. The summed E-state index contributed by atoms with van der Waals surface area (Å²) in [6.07, 6.45) is 5.38. The summed E-state index contributed by atoms with van der Waals surface area (Å²) in [4.78, 5) is 8.58. The third-order valence-corrected chi connectivity index (χ3v) is 3.04. The van der Waals surface area contributed by atoms with Gasteiger partial charge in [0.15, 0.2) is 0 Å². The van der Waals surface area contributed by atoms with Crippen molar-refractivity contribution >= 4 is 16.7 Å². The standard InChI is InChI=1S/C15H21N3/c1-12(2)7-5-6-10-16-15-13-8-3-4-9-14(13)17-11-18-15/h3-4,8-9,11-12H,5-7,10H2,1-2H3,(H,16,17,18). The average molecular weight is 243 g/mol. The minimum atomic E-state index is 0.796. The number of unbranched alkanes of at least 4 members (excludes halogenated alkanes) is 1. The van der Waals surface area contributed by atoms with Crippen molar-refractivity contribution in [1.29, 1.82) is 0 Å². The SMILES string of the molecule is CC(C)CCCCNc1ncnc2ccccc12. The van der Waals surface area contributed by atoms with E-state index in [1.54, 1.807) is 6.33 Å². The van der Waals surface area contributed by atoms with E-state index in [0.717, 1.165) is 29.2 Å². The summed E-state index contributed by atoms with van der Waals surface area (Å²) < 4.78 is 0. The highest BCUT2D eigenvalue weighted by Gasteiger charge is 2.01. The Kier molecular flexibility index (Phi) is 4.51. The Balaban J connectivity index is 1.91. The third kappa shape index (κ3) is 3.42. The Hall–Kier alpha value is -1.64. The smallest absolute Gasteiger partial charge is 0.137 e. The molecule has 2 aromatic rings. The number of anilines is 1. The molecule has 1 N–H and O–H groups in total. The summed E-state index contributed by atoms with van der Waals surface area (Å²) in [7, 11) is 0. The lowest BCUT2D eigenvalue weighted by Gasteiger charge is -2.08. The molecule has 1 aromatic carbocycles. The molecule has 0 aliphatic rings. The monoisotopic (exact) mass is 243 g/mol. The maximum absolute atomic E-state index is 4.32. The van der Waals surface area contributed by atoms with Gasteiger partial charge in [0.25, 0.3) is 0 Å². The Morgan fingerprint density at radius 2 is 1.94 bits per heavy atom. The molecule has 3 nitrogen and oxygen atoms in total. The van der Waals surface area contributed by atoms with Gasteiger partial charge in [0.05, 0.1) is 5.52 Å². The summed E-state index contributed by atoms with van der Waals surface area (Å²) in [6, 6.07) is 8.10. The van der Waals surface area contributed by atoms with Crippen LogP contribution in [0, 0.1) is 5.92 Å². The summed E-state index contributed by atoms with van der Waals surface area (Å²) in [5.41, 5.74) is 0.997. The van der Waals surface area contributed by atoms with Crippen LogP contribution in [-0.4, -0.2) is 16.5 Å². The molecule has 96 valence electrons. The summed E-state index contributed by atoms with van der Waals surface area (Å²) in [5, 5.41) is 4.51. The van der Waals surface area contributed by atoms with E-state index >= 15 is 0 Å². The first-order valence-electron chi connectivity index (χ1n) is 6.71. The second-order valence-corrected chi connectivity index (χ2v) is 5.06. The Morgan fingerprint density at radius 3 is 2.78 bits per heavy atom. The Labute approximate surface area is 109 Å². The molecule has 2 rings (SSSR count). The van der Waals surface area contributed by atoms with Crippen molar-refractivity contribution in [2.45, 2.75) is 33.1 Å². The van der Waals surface area contributed by atoms with Crippen molar-refractivity contribution in [2.75, 3.05) is 11.9 Å². The van der Waals surface area contributed by atoms with Crippen LogP contribution in [0.2, 0.25) is 0 Å². The number of fused-ring (bicyclic) bond motifs is 1. The second-order valence-electron chi connectivity index (χ2n) is 5.06. The van der Waals surface area contributed by atoms with Gasteiger partial charge in [-0.15, -0.1) is 0 Å². The van der Waals surface area contributed by atoms with E-state index in [2.05, 4.69) is 35.2 Å². The van der Waals surface area contributed by atoms with Crippen molar-refractivity contribution in [3.8, 4) is 0 Å². The minimum absolute atomic E-state index is 0.796. The minimum Gasteiger partial charge on any atom is -0.369 e. The van der Waals surface area contributed by atoms with Crippen LogP contribution in [-0.2, 0) is 0 Å². The van der Waals surface area contributed by atoms with Crippen LogP contribution in [0.4, 0.5) is 5.82 Å². The van der Waals surface area contributed by atoms with E-state index in [1.807, 2.05) is 18.2 Å². The summed E-state index contributed by atoms with van der Waals surface area (Å²) in [6.45, 7) is 5.52. The van der Waals surface area contributed by atoms with Crippen LogP contribution in [0.5, 0.6) is 0 Å². The van der Waals surface area contributed by atoms with Crippen molar-refractivity contribution in [3.05, 3.63) is 30.6 Å². The van der Waals surface area contributed by atoms with E-state index in [0.29, 0.717) is 0 Å². The average Bonchev–Trinajstić information content (AvgIpc) is 2.38. The van der Waals surface area contributed by atoms with Gasteiger partial charge >= 0.3 is 0 Å². The molecule has 0 fully saturated rings. The molecular formula is C15H21N3. The highest BCUT2D eigenvalue weighted by atomic mass is 15.0. The lowest BCUT2D eigenvalue weighted by molar-refractivity contribution is 0.544. The lowest BCUT2D eigenvalue weighted by Crippen LogP contribution is -2.04. The van der Waals surface area contributed by atoms with Gasteiger partial charge in [0.2, 0.25) is 0 Å². The summed E-state index contributed by atoms with van der Waals surface area (Å²) >= 11 is 0. The van der Waals surface area contributed by atoms with Crippen LogP contribution >= 0.6 is 0 Å². The largest absolute Gasteiger partial charge is 0.369 e. The number of benzene rings is 1. The molecule has 0 saturated heterocycles. The molecule has 18 heavy (non-hydrogen) atoms. The molecular weight excluding hydrogens is 222 g/mol. The summed E-state index contributed by atoms with van der Waals surface area (Å²) in [5.74, 6) is 1.75. The van der Waals surface area contributed by atoms with E-state index in [4.69, 9.17) is 0 Å². The van der Waals surface area contributed by atoms with Gasteiger partial charge < -0.3 is 5.32 Å². The first-order chi connectivity index (χ1) is 8.77. The van der Waals surface area contributed by atoms with Crippen molar-refractivity contribution in [1.82, 2.24) is 9.97 Å². The maximum Gasteiger partial charge on any atom is 0.137 e. The van der Waals surface area contributed by atoms with Crippen LogP contribution in [0.1, 0.15) is 33.1 Å². The molecule has 0 saturated carbocycles. The normalized spacial score (nSPS) is 11.1. The third-order valence-electron chi connectivity index (χ3n) is 3.04. The predicted octanol–water partition coefficient (Wildman–Crippen LogP) is 3.87. The fourth-order valence-electron chi connectivity index (χ4n) is 2.03. The predicted molar refractivity (Wildman–Crippen MR) is 76.7 cm³/mol. The maximum atomic E-state index is 4.32. The zero-order valence-corrected chi connectivity index (χ0v) is 11.2. The molecule has 1 aromatic heterocycles. The number of nitrogens with zero attached hydrogens (tertiary/aromatic N) is 2. The number of aromatic nitrogens is 2. The van der Waals surface area contributed by atoms with Gasteiger partial charge in [-0.2, -0.15) is 0 Å². The van der Waals surface area contributed by atoms with E-state index in [1.165, 1.54) is 19.3 Å². The molecule has 0 aliphatic carbocycles. The van der Waals surface area contributed by atoms with Gasteiger partial charge in [-0.05, 0) is 24.5 Å². The van der Waals surface area contributed by atoms with Crippen LogP contribution in [0.25, 0.3) is 10.9 Å². The lowest BCUT2D eigenvalue weighted by atomic mass is 10.1. The van der Waals surface area contributed by atoms with Crippen LogP contribution in [0.15, 0.2) is 30.6 Å². The van der Waals surface area contributed by atoms with Gasteiger partial charge in [0.1, 0.15) is 12.1 Å². The van der Waals surface area contributed by atoms with Crippen LogP contribution < -0.4 is 5.32 Å². The van der Waals surface area contributed by atoms with Crippen molar-refractivity contribution in [3.63, 3.8) is 0 Å². The first kappa shape index (κ1) is 12.8. The Bertz CT molecular complexity index is 489. The van der Waals surface area contributed by atoms with Gasteiger partial charge in [-0.3, -0.25) is 0 Å². The molecule has 0 radical (unpaired) electrons. The zero-order valence-electron chi connectivity index (χ0n) is 11.2. The second kappa shape index (κ2) is 6.34. The molecule has 1 heterocycles. The number of rotatable bonds is 6. The van der Waals surface area contributed by atoms with E-state index in [-0.39, 0.29) is 0 Å². The molecule has 3 heteroatoms. The molecule has 0 spiro atoms. The number of nitrogens with one attached hydrogen (secondary N) is 1. The molecule has 0 unspecified atom stereocenters.